The van der Waals surface area contributed by atoms with Gasteiger partial charge in [0, 0.05) is 9.81 Å². The van der Waals surface area contributed by atoms with Crippen LogP contribution in [0.1, 0.15) is 13.8 Å². The molecule has 6 heteroatoms. The molecule has 0 saturated carbocycles. The van der Waals surface area contributed by atoms with E-state index in [1.807, 2.05) is 70.6 Å². The Bertz CT molecular complexity index is 425. The molecular formula is C12H14S6. The average Bonchev–Trinajstić information content (AvgIpc) is 2.89. The van der Waals surface area contributed by atoms with Crippen LogP contribution in [0.15, 0.2) is 38.9 Å². The Kier molecular flexibility index (Phi) is 6.16. The zero-order valence-corrected chi connectivity index (χ0v) is 15.5. The van der Waals surface area contributed by atoms with Gasteiger partial charge in [0.25, 0.3) is 0 Å². The first-order chi connectivity index (χ1) is 8.63. The summed E-state index contributed by atoms with van der Waals surface area (Å²) in [6.45, 7) is 4.40. The second-order valence-electron chi connectivity index (χ2n) is 3.48. The van der Waals surface area contributed by atoms with Gasteiger partial charge in [0.05, 0.1) is 16.9 Å². The molecule has 2 aliphatic heterocycles. The summed E-state index contributed by atoms with van der Waals surface area (Å²) < 4.78 is 5.66. The zero-order chi connectivity index (χ0) is 13.1. The molecule has 2 heterocycles. The van der Waals surface area contributed by atoms with E-state index < -0.39 is 0 Å². The van der Waals surface area contributed by atoms with Crippen molar-refractivity contribution in [1.82, 2.24) is 0 Å². The van der Waals surface area contributed by atoms with Crippen molar-refractivity contribution in [3.8, 4) is 0 Å². The minimum Gasteiger partial charge on any atom is -0.122 e. The van der Waals surface area contributed by atoms with Gasteiger partial charge in [-0.2, -0.15) is 0 Å². The van der Waals surface area contributed by atoms with E-state index in [0.29, 0.717) is 0 Å². The van der Waals surface area contributed by atoms with Crippen molar-refractivity contribution in [3.63, 3.8) is 0 Å². The van der Waals surface area contributed by atoms with Crippen LogP contribution in [0.3, 0.4) is 0 Å². The lowest BCUT2D eigenvalue weighted by molar-refractivity contribution is 1.71. The lowest BCUT2D eigenvalue weighted by Crippen LogP contribution is -1.63. The van der Waals surface area contributed by atoms with Gasteiger partial charge in [0.1, 0.15) is 0 Å². The third-order valence-corrected chi connectivity index (χ3v) is 9.92. The minimum absolute atomic E-state index is 1.39. The molecule has 0 aromatic carbocycles. The predicted molar refractivity (Wildman–Crippen MR) is 99.0 cm³/mol. The average molecular weight is 351 g/mol. The topological polar surface area (TPSA) is 0 Å². The number of rotatable bonds is 3. The second kappa shape index (κ2) is 7.18. The van der Waals surface area contributed by atoms with Gasteiger partial charge < -0.3 is 0 Å². The van der Waals surface area contributed by atoms with E-state index in [1.54, 1.807) is 0 Å². The molecule has 0 N–H and O–H groups in total. The molecule has 0 nitrogen and oxygen atoms in total. The highest BCUT2D eigenvalue weighted by atomic mass is 32.2. The molecule has 98 valence electrons. The quantitative estimate of drug-likeness (QED) is 0.549. The third kappa shape index (κ3) is 3.79. The third-order valence-electron chi connectivity index (χ3n) is 2.20. The summed E-state index contributed by atoms with van der Waals surface area (Å²) >= 11 is 11.3. The SMILES string of the molecule is CSC1=C(C)S/C(=C/C=C2/SC(C)=C(SC)S2)S1. The van der Waals surface area contributed by atoms with Gasteiger partial charge in [0.15, 0.2) is 0 Å². The molecular weight excluding hydrogens is 337 g/mol. The van der Waals surface area contributed by atoms with E-state index in [0.717, 1.165) is 0 Å². The lowest BCUT2D eigenvalue weighted by Gasteiger charge is -1.95. The predicted octanol–water partition coefficient (Wildman–Crippen LogP) is 6.73. The molecule has 0 spiro atoms. The van der Waals surface area contributed by atoms with E-state index in [-0.39, 0.29) is 0 Å². The van der Waals surface area contributed by atoms with Crippen molar-refractivity contribution in [2.24, 2.45) is 0 Å². The fourth-order valence-corrected chi connectivity index (χ4v) is 8.29. The van der Waals surface area contributed by atoms with Gasteiger partial charge in [-0.15, -0.1) is 23.5 Å². The van der Waals surface area contributed by atoms with Crippen LogP contribution in [0, 0.1) is 0 Å². The summed E-state index contributed by atoms with van der Waals surface area (Å²) in [7, 11) is 0. The molecule has 0 unspecified atom stereocenters. The summed E-state index contributed by atoms with van der Waals surface area (Å²) in [5.74, 6) is 0. The number of thioether (sulfide) groups is 6. The van der Waals surface area contributed by atoms with Crippen molar-refractivity contribution < 1.29 is 0 Å². The summed E-state index contributed by atoms with van der Waals surface area (Å²) in [4.78, 5) is 2.87. The summed E-state index contributed by atoms with van der Waals surface area (Å²) in [6.07, 6.45) is 8.81. The van der Waals surface area contributed by atoms with E-state index in [9.17, 15) is 0 Å². The van der Waals surface area contributed by atoms with E-state index in [4.69, 9.17) is 0 Å². The normalized spacial score (nSPS) is 25.1. The van der Waals surface area contributed by atoms with Crippen molar-refractivity contribution in [2.75, 3.05) is 12.5 Å². The molecule has 0 aromatic heterocycles. The van der Waals surface area contributed by atoms with Gasteiger partial charge in [-0.25, -0.2) is 0 Å². The van der Waals surface area contributed by atoms with Gasteiger partial charge in [-0.3, -0.25) is 0 Å². The van der Waals surface area contributed by atoms with Gasteiger partial charge in [-0.05, 0) is 38.5 Å². The Balaban J connectivity index is 1.98. The fraction of sp³-hybridized carbons (Fsp3) is 0.333. The maximum absolute atomic E-state index is 2.26. The summed E-state index contributed by atoms with van der Waals surface area (Å²) in [5, 5.41) is 0. The Labute approximate surface area is 135 Å². The molecule has 0 aromatic rings. The van der Waals surface area contributed by atoms with E-state index in [1.165, 1.54) is 26.8 Å². The van der Waals surface area contributed by atoms with E-state index >= 15 is 0 Å². The molecule has 0 bridgehead atoms. The highest BCUT2D eigenvalue weighted by Crippen LogP contribution is 2.54. The minimum atomic E-state index is 1.39. The standard InChI is InChI=1S/C12H14S6/c1-7-11(13-3)17-9(15-7)5-6-10-16-8(2)12(14-4)18-10/h5-6H,1-4H3/b9-5-,10-6-. The first-order valence-electron chi connectivity index (χ1n) is 5.27. The summed E-state index contributed by atoms with van der Waals surface area (Å²) in [5.41, 5.74) is 0. The highest BCUT2D eigenvalue weighted by Gasteiger charge is 2.18. The first kappa shape index (κ1) is 15.4. The highest BCUT2D eigenvalue weighted by molar-refractivity contribution is 8.36. The zero-order valence-electron chi connectivity index (χ0n) is 10.6. The summed E-state index contributed by atoms with van der Waals surface area (Å²) in [6, 6.07) is 0. The van der Waals surface area contributed by atoms with Crippen LogP contribution < -0.4 is 0 Å². The first-order valence-corrected chi connectivity index (χ1v) is 11.0. The van der Waals surface area contributed by atoms with Gasteiger partial charge in [-0.1, -0.05) is 47.0 Å². The molecule has 0 atom stereocenters. The molecule has 0 saturated heterocycles. The number of allylic oxidation sites excluding steroid dienone is 4. The van der Waals surface area contributed by atoms with Crippen LogP contribution in [0.4, 0.5) is 0 Å². The molecule has 0 radical (unpaired) electrons. The van der Waals surface area contributed by atoms with Crippen molar-refractivity contribution >= 4 is 70.6 Å². The van der Waals surface area contributed by atoms with E-state index in [2.05, 4.69) is 38.5 Å². The molecule has 0 aliphatic carbocycles. The molecule has 0 amide bonds. The van der Waals surface area contributed by atoms with Gasteiger partial charge >= 0.3 is 0 Å². The maximum Gasteiger partial charge on any atom is 0.0548 e. The van der Waals surface area contributed by atoms with Gasteiger partial charge in [0.2, 0.25) is 0 Å². The van der Waals surface area contributed by atoms with Crippen molar-refractivity contribution in [2.45, 2.75) is 13.8 Å². The smallest absolute Gasteiger partial charge is 0.0548 e. The monoisotopic (exact) mass is 350 g/mol. The van der Waals surface area contributed by atoms with Crippen molar-refractivity contribution in [3.05, 3.63) is 38.9 Å². The Morgan fingerprint density at radius 2 is 1.11 bits per heavy atom. The molecule has 18 heavy (non-hydrogen) atoms. The van der Waals surface area contributed by atoms with Crippen LogP contribution in [-0.4, -0.2) is 12.5 Å². The van der Waals surface area contributed by atoms with Crippen LogP contribution in [0.5, 0.6) is 0 Å². The lowest BCUT2D eigenvalue weighted by atomic mass is 10.6. The number of hydrogen-bond donors (Lipinski definition) is 0. The molecule has 2 rings (SSSR count). The van der Waals surface area contributed by atoms with Crippen molar-refractivity contribution in [1.29, 1.82) is 0 Å². The van der Waals surface area contributed by atoms with Crippen LogP contribution in [0.25, 0.3) is 0 Å². The Morgan fingerprint density at radius 1 is 0.722 bits per heavy atom. The molecule has 2 aliphatic rings. The largest absolute Gasteiger partial charge is 0.122 e. The van der Waals surface area contributed by atoms with Crippen LogP contribution in [0.2, 0.25) is 0 Å². The number of hydrogen-bond acceptors (Lipinski definition) is 6. The molecule has 0 fully saturated rings. The maximum atomic E-state index is 2.26. The van der Waals surface area contributed by atoms with Crippen LogP contribution in [-0.2, 0) is 0 Å². The Hall–Kier alpha value is 1.06. The Morgan fingerprint density at radius 3 is 1.39 bits per heavy atom. The van der Waals surface area contributed by atoms with Crippen LogP contribution >= 0.6 is 70.6 Å². The second-order valence-corrected chi connectivity index (χ2v) is 10.8. The fourth-order valence-electron chi connectivity index (χ4n) is 1.40.